The first-order chi connectivity index (χ1) is 6.15. The van der Waals surface area contributed by atoms with Gasteiger partial charge in [-0.05, 0) is 24.6 Å². The van der Waals surface area contributed by atoms with Crippen LogP contribution < -0.4 is 0 Å². The highest BCUT2D eigenvalue weighted by molar-refractivity contribution is 7.94. The minimum atomic E-state index is -0.0580. The monoisotopic (exact) mass is 204 g/mol. The number of phenolic OH excluding ortho intramolecular Hbond substituents is 2. The van der Waals surface area contributed by atoms with Gasteiger partial charge < -0.3 is 10.2 Å². The van der Waals surface area contributed by atoms with Gasteiger partial charge in [0.05, 0.1) is 16.9 Å². The van der Waals surface area contributed by atoms with E-state index < -0.39 is 0 Å². The van der Waals surface area contributed by atoms with Crippen LogP contribution in [0.3, 0.4) is 0 Å². The average Bonchev–Trinajstić information content (AvgIpc) is 2.09. The van der Waals surface area contributed by atoms with E-state index in [1.807, 2.05) is 0 Å². The van der Waals surface area contributed by atoms with E-state index in [-0.39, 0.29) is 16.4 Å². The molecule has 0 radical (unpaired) electrons. The van der Waals surface area contributed by atoms with Gasteiger partial charge in [0.1, 0.15) is 11.5 Å². The summed E-state index contributed by atoms with van der Waals surface area (Å²) in [4.78, 5) is 0.247. The zero-order chi connectivity index (χ0) is 9.84. The van der Waals surface area contributed by atoms with Gasteiger partial charge in [0.2, 0.25) is 0 Å². The zero-order valence-electron chi connectivity index (χ0n) is 6.72. The van der Waals surface area contributed by atoms with E-state index in [4.69, 9.17) is 5.26 Å². The highest BCUT2D eigenvalue weighted by atomic mass is 32.2. The van der Waals surface area contributed by atoms with Crippen molar-refractivity contribution in [1.82, 2.24) is 0 Å². The van der Waals surface area contributed by atoms with E-state index in [1.165, 1.54) is 12.1 Å². The summed E-state index contributed by atoms with van der Waals surface area (Å²) in [7, 11) is 0. The molecule has 1 rings (SSSR count). The molecule has 0 unspecified atom stereocenters. The standard InChI is InChI=1S/C7H8O5S/c1-4-2-6(9)7(3-5(4)8)13-12-11-10/h2-3,8-10H,1H3. The van der Waals surface area contributed by atoms with Crippen LogP contribution in [-0.2, 0) is 9.37 Å². The summed E-state index contributed by atoms with van der Waals surface area (Å²) >= 11 is 0.588. The summed E-state index contributed by atoms with van der Waals surface area (Å²) in [5.41, 5.74) is 0.548. The molecule has 1 aromatic carbocycles. The topological polar surface area (TPSA) is 79.2 Å². The molecule has 0 saturated heterocycles. The molecule has 0 atom stereocenters. The molecule has 13 heavy (non-hydrogen) atoms. The fourth-order valence-corrected chi connectivity index (χ4v) is 1.19. The predicted molar refractivity (Wildman–Crippen MR) is 45.2 cm³/mol. The van der Waals surface area contributed by atoms with Crippen LogP contribution in [0.1, 0.15) is 5.56 Å². The maximum absolute atomic E-state index is 9.29. The second-order valence-corrected chi connectivity index (χ2v) is 3.07. The first-order valence-corrected chi connectivity index (χ1v) is 4.06. The molecule has 0 spiro atoms. The SMILES string of the molecule is Cc1cc(O)c(SOOO)cc1O. The Balaban J connectivity index is 2.88. The van der Waals surface area contributed by atoms with E-state index >= 15 is 0 Å². The number of hydrogen-bond donors (Lipinski definition) is 3. The van der Waals surface area contributed by atoms with Crippen LogP contribution in [0.15, 0.2) is 17.0 Å². The van der Waals surface area contributed by atoms with Crippen LogP contribution in [0.4, 0.5) is 0 Å². The van der Waals surface area contributed by atoms with Gasteiger partial charge in [-0.15, -0.1) is 4.33 Å². The highest BCUT2D eigenvalue weighted by Gasteiger charge is 2.07. The molecule has 0 fully saturated rings. The third kappa shape index (κ3) is 2.49. The van der Waals surface area contributed by atoms with Crippen LogP contribution in [0.2, 0.25) is 0 Å². The maximum atomic E-state index is 9.29. The van der Waals surface area contributed by atoms with Crippen molar-refractivity contribution in [2.24, 2.45) is 0 Å². The maximum Gasteiger partial charge on any atom is 0.132 e. The number of aromatic hydroxyl groups is 2. The Labute approximate surface area is 78.6 Å². The van der Waals surface area contributed by atoms with Crippen molar-refractivity contribution in [2.75, 3.05) is 0 Å². The molecule has 1 aromatic rings. The average molecular weight is 204 g/mol. The Bertz CT molecular complexity index is 301. The summed E-state index contributed by atoms with van der Waals surface area (Å²) in [5, 5.41) is 29.7. The van der Waals surface area contributed by atoms with Crippen molar-refractivity contribution in [1.29, 1.82) is 0 Å². The Morgan fingerprint density at radius 2 is 1.92 bits per heavy atom. The largest absolute Gasteiger partial charge is 0.508 e. The number of phenols is 2. The van der Waals surface area contributed by atoms with Gasteiger partial charge in [-0.25, -0.2) is 5.26 Å². The number of benzene rings is 1. The van der Waals surface area contributed by atoms with Crippen LogP contribution in [0.5, 0.6) is 11.5 Å². The van der Waals surface area contributed by atoms with Crippen LogP contribution in [-0.4, -0.2) is 15.5 Å². The van der Waals surface area contributed by atoms with E-state index in [0.29, 0.717) is 17.6 Å². The van der Waals surface area contributed by atoms with Gasteiger partial charge >= 0.3 is 0 Å². The lowest BCUT2D eigenvalue weighted by molar-refractivity contribution is -0.432. The fraction of sp³-hybridized carbons (Fsp3) is 0.143. The van der Waals surface area contributed by atoms with Crippen molar-refractivity contribution < 1.29 is 24.8 Å². The summed E-state index contributed by atoms with van der Waals surface area (Å²) < 4.78 is 4.10. The Morgan fingerprint density at radius 3 is 2.54 bits per heavy atom. The molecule has 0 heterocycles. The summed E-state index contributed by atoms with van der Waals surface area (Å²) in [6, 6.07) is 2.67. The third-order valence-electron chi connectivity index (χ3n) is 1.43. The summed E-state index contributed by atoms with van der Waals surface area (Å²) in [6.07, 6.45) is 0. The predicted octanol–water partition coefficient (Wildman–Crippen LogP) is 1.83. The van der Waals surface area contributed by atoms with E-state index in [0.717, 1.165) is 0 Å². The lowest BCUT2D eigenvalue weighted by Gasteiger charge is -2.04. The van der Waals surface area contributed by atoms with Gasteiger partial charge in [0.25, 0.3) is 0 Å². The van der Waals surface area contributed by atoms with E-state index in [2.05, 4.69) is 9.37 Å². The summed E-state index contributed by atoms with van der Waals surface area (Å²) in [5.74, 6) is -0.0285. The molecule has 72 valence electrons. The smallest absolute Gasteiger partial charge is 0.132 e. The Kier molecular flexibility index (Phi) is 3.38. The van der Waals surface area contributed by atoms with Gasteiger partial charge in [-0.2, -0.15) is 0 Å². The minimum absolute atomic E-state index is 0.0295. The van der Waals surface area contributed by atoms with Crippen molar-refractivity contribution in [3.05, 3.63) is 17.7 Å². The Morgan fingerprint density at radius 1 is 1.23 bits per heavy atom. The van der Waals surface area contributed by atoms with Crippen LogP contribution in [0, 0.1) is 6.92 Å². The van der Waals surface area contributed by atoms with Gasteiger partial charge in [-0.3, -0.25) is 0 Å². The lowest BCUT2D eigenvalue weighted by atomic mass is 10.2. The van der Waals surface area contributed by atoms with Crippen LogP contribution >= 0.6 is 12.0 Å². The fourth-order valence-electron chi connectivity index (χ4n) is 0.781. The molecule has 0 aliphatic rings. The molecule has 6 heteroatoms. The number of aryl methyl sites for hydroxylation is 1. The van der Waals surface area contributed by atoms with Crippen molar-refractivity contribution in [2.45, 2.75) is 11.8 Å². The molecule has 0 saturated carbocycles. The molecular weight excluding hydrogens is 196 g/mol. The van der Waals surface area contributed by atoms with Gasteiger partial charge in [0.15, 0.2) is 0 Å². The van der Waals surface area contributed by atoms with Gasteiger partial charge in [0, 0.05) is 0 Å². The summed E-state index contributed by atoms with van der Waals surface area (Å²) in [6.45, 7) is 1.65. The third-order valence-corrected chi connectivity index (χ3v) is 2.07. The molecule has 0 aliphatic heterocycles. The highest BCUT2D eigenvalue weighted by Crippen LogP contribution is 2.34. The molecule has 0 aromatic heterocycles. The molecular formula is C7H8O5S. The normalized spacial score (nSPS) is 10.3. The van der Waals surface area contributed by atoms with E-state index in [9.17, 15) is 10.2 Å². The van der Waals surface area contributed by atoms with Crippen molar-refractivity contribution in [3.63, 3.8) is 0 Å². The molecule has 0 aliphatic carbocycles. The van der Waals surface area contributed by atoms with E-state index in [1.54, 1.807) is 6.92 Å². The molecule has 0 bridgehead atoms. The van der Waals surface area contributed by atoms with Crippen molar-refractivity contribution >= 4 is 12.0 Å². The number of hydrogen-bond acceptors (Lipinski definition) is 6. The molecule has 3 N–H and O–H groups in total. The number of rotatable bonds is 3. The quantitative estimate of drug-likeness (QED) is 0.302. The second kappa shape index (κ2) is 4.33. The Hall–Kier alpha value is -0.950. The second-order valence-electron chi connectivity index (χ2n) is 2.33. The van der Waals surface area contributed by atoms with Crippen molar-refractivity contribution in [3.8, 4) is 11.5 Å². The zero-order valence-corrected chi connectivity index (χ0v) is 7.54. The molecule has 0 amide bonds. The van der Waals surface area contributed by atoms with Gasteiger partial charge in [-0.1, -0.05) is 5.04 Å². The lowest BCUT2D eigenvalue weighted by Crippen LogP contribution is -1.82. The first kappa shape index (κ1) is 10.1. The van der Waals surface area contributed by atoms with Crippen LogP contribution in [0.25, 0.3) is 0 Å². The molecule has 5 nitrogen and oxygen atoms in total. The minimum Gasteiger partial charge on any atom is -0.508 e. The first-order valence-electron chi connectivity index (χ1n) is 3.32.